The summed E-state index contributed by atoms with van der Waals surface area (Å²) in [5.41, 5.74) is 0.728. The van der Waals surface area contributed by atoms with Gasteiger partial charge in [0.05, 0.1) is 15.6 Å². The summed E-state index contributed by atoms with van der Waals surface area (Å²) in [5.74, 6) is 0.942. The van der Waals surface area contributed by atoms with Crippen LogP contribution in [0.2, 0.25) is 5.02 Å². The number of halogens is 2. The topological polar surface area (TPSA) is 20.3 Å². The van der Waals surface area contributed by atoms with Gasteiger partial charge in [-0.3, -0.25) is 9.69 Å². The van der Waals surface area contributed by atoms with Crippen molar-refractivity contribution in [1.29, 1.82) is 0 Å². The Balaban J connectivity index is 1.91. The van der Waals surface area contributed by atoms with Crippen molar-refractivity contribution in [2.45, 2.75) is 43.9 Å². The van der Waals surface area contributed by atoms with Crippen LogP contribution in [0, 0.1) is 11.7 Å². The van der Waals surface area contributed by atoms with Gasteiger partial charge in [-0.15, -0.1) is 11.8 Å². The number of thioether (sulfide) groups is 1. The molecule has 0 unspecified atom stereocenters. The molecule has 3 rings (SSSR count). The number of amides is 1. The maximum Gasteiger partial charge on any atom is 0.238 e. The molecule has 2 aliphatic rings. The highest BCUT2D eigenvalue weighted by molar-refractivity contribution is 8.02. The van der Waals surface area contributed by atoms with Crippen LogP contribution in [0.4, 0.5) is 10.1 Å². The summed E-state index contributed by atoms with van der Waals surface area (Å²) >= 11 is 7.63. The molecule has 1 aromatic carbocycles. The number of carbonyl (C=O) groups excluding carboxylic acids is 1. The molecule has 21 heavy (non-hydrogen) atoms. The van der Waals surface area contributed by atoms with Crippen LogP contribution in [0.1, 0.15) is 39.0 Å². The zero-order chi connectivity index (χ0) is 15.0. The van der Waals surface area contributed by atoms with Crippen LogP contribution >= 0.6 is 23.4 Å². The maximum absolute atomic E-state index is 13.4. The van der Waals surface area contributed by atoms with E-state index in [1.807, 2.05) is 4.90 Å². The van der Waals surface area contributed by atoms with Crippen molar-refractivity contribution in [3.8, 4) is 0 Å². The van der Waals surface area contributed by atoms with E-state index in [0.29, 0.717) is 5.75 Å². The largest absolute Gasteiger partial charge is 0.296 e. The number of hydrogen-bond donors (Lipinski definition) is 0. The average molecular weight is 328 g/mol. The second kappa shape index (κ2) is 5.81. The molecule has 0 radical (unpaired) electrons. The molecule has 5 heteroatoms. The highest BCUT2D eigenvalue weighted by Crippen LogP contribution is 2.50. The lowest BCUT2D eigenvalue weighted by molar-refractivity contribution is -0.116. The fourth-order valence-electron chi connectivity index (χ4n) is 3.46. The third-order valence-corrected chi connectivity index (χ3v) is 6.56. The van der Waals surface area contributed by atoms with Crippen LogP contribution in [0.3, 0.4) is 0 Å². The predicted molar refractivity (Wildman–Crippen MR) is 86.3 cm³/mol. The van der Waals surface area contributed by atoms with Gasteiger partial charge in [0.1, 0.15) is 5.82 Å². The molecule has 1 saturated heterocycles. The van der Waals surface area contributed by atoms with Crippen molar-refractivity contribution < 1.29 is 9.18 Å². The molecular weight excluding hydrogens is 309 g/mol. The van der Waals surface area contributed by atoms with Crippen molar-refractivity contribution >= 4 is 35.0 Å². The van der Waals surface area contributed by atoms with E-state index in [4.69, 9.17) is 11.6 Å². The van der Waals surface area contributed by atoms with Gasteiger partial charge < -0.3 is 0 Å². The zero-order valence-electron chi connectivity index (χ0n) is 12.1. The van der Waals surface area contributed by atoms with E-state index in [2.05, 4.69) is 6.92 Å². The smallest absolute Gasteiger partial charge is 0.238 e. The van der Waals surface area contributed by atoms with Gasteiger partial charge in [-0.25, -0.2) is 4.39 Å². The van der Waals surface area contributed by atoms with E-state index in [0.717, 1.165) is 37.3 Å². The van der Waals surface area contributed by atoms with Crippen molar-refractivity contribution in [2.75, 3.05) is 10.7 Å². The first-order chi connectivity index (χ1) is 10.1. The summed E-state index contributed by atoms with van der Waals surface area (Å²) in [4.78, 5) is 14.1. The molecule has 2 nitrogen and oxygen atoms in total. The maximum atomic E-state index is 13.4. The molecule has 1 heterocycles. The lowest BCUT2D eigenvalue weighted by Gasteiger charge is -2.42. The Kier molecular flexibility index (Phi) is 4.19. The summed E-state index contributed by atoms with van der Waals surface area (Å²) in [5, 5.41) is 0.0783. The predicted octanol–water partition coefficient (Wildman–Crippen LogP) is 4.86. The van der Waals surface area contributed by atoms with Crippen LogP contribution in [0.25, 0.3) is 0 Å². The SMILES string of the molecule is CCC1CCC2(CC1)SCC(=O)N2c1ccc(F)c(Cl)c1. The normalized spacial score (nSPS) is 29.4. The Morgan fingerprint density at radius 2 is 2.14 bits per heavy atom. The minimum Gasteiger partial charge on any atom is -0.296 e. The minimum atomic E-state index is -0.441. The molecule has 0 aromatic heterocycles. The van der Waals surface area contributed by atoms with Gasteiger partial charge in [0.15, 0.2) is 0 Å². The first kappa shape index (κ1) is 15.2. The number of hydrogen-bond acceptors (Lipinski definition) is 2. The molecule has 1 spiro atoms. The van der Waals surface area contributed by atoms with Gasteiger partial charge in [-0.1, -0.05) is 24.9 Å². The second-order valence-corrected chi connectivity index (χ2v) is 7.66. The number of anilines is 1. The first-order valence-electron chi connectivity index (χ1n) is 7.48. The summed E-state index contributed by atoms with van der Waals surface area (Å²) in [6.45, 7) is 2.23. The van der Waals surface area contributed by atoms with E-state index < -0.39 is 5.82 Å². The molecule has 1 saturated carbocycles. The highest BCUT2D eigenvalue weighted by atomic mass is 35.5. The van der Waals surface area contributed by atoms with Gasteiger partial charge in [0.2, 0.25) is 5.91 Å². The third kappa shape index (κ3) is 2.68. The quantitative estimate of drug-likeness (QED) is 0.773. The van der Waals surface area contributed by atoms with Gasteiger partial charge in [-0.2, -0.15) is 0 Å². The Morgan fingerprint density at radius 1 is 1.43 bits per heavy atom. The van der Waals surface area contributed by atoms with Crippen molar-refractivity contribution in [1.82, 2.24) is 0 Å². The van der Waals surface area contributed by atoms with Gasteiger partial charge in [-0.05, 0) is 49.8 Å². The molecule has 1 aliphatic carbocycles. The van der Waals surface area contributed by atoms with E-state index in [-0.39, 0.29) is 15.8 Å². The Labute approximate surface area is 134 Å². The number of carbonyl (C=O) groups is 1. The fourth-order valence-corrected chi connectivity index (χ4v) is 5.02. The number of rotatable bonds is 2. The van der Waals surface area contributed by atoms with Crippen LogP contribution in [-0.4, -0.2) is 16.5 Å². The van der Waals surface area contributed by atoms with E-state index in [1.165, 1.54) is 12.5 Å². The summed E-state index contributed by atoms with van der Waals surface area (Å²) < 4.78 is 13.4. The Hall–Kier alpha value is -0.740. The van der Waals surface area contributed by atoms with Crippen LogP contribution in [0.5, 0.6) is 0 Å². The molecule has 0 atom stereocenters. The molecule has 0 N–H and O–H groups in total. The van der Waals surface area contributed by atoms with Gasteiger partial charge >= 0.3 is 0 Å². The van der Waals surface area contributed by atoms with Crippen molar-refractivity contribution in [3.05, 3.63) is 29.0 Å². The van der Waals surface area contributed by atoms with Crippen LogP contribution in [-0.2, 0) is 4.79 Å². The molecule has 1 amide bonds. The zero-order valence-corrected chi connectivity index (χ0v) is 13.6. The standard InChI is InChI=1S/C16H19ClFNOS/c1-2-11-5-7-16(8-6-11)19(15(20)10-21-16)12-3-4-14(18)13(17)9-12/h3-4,9,11H,2,5-8,10H2,1H3. The van der Waals surface area contributed by atoms with Crippen LogP contribution in [0.15, 0.2) is 18.2 Å². The van der Waals surface area contributed by atoms with E-state index in [1.54, 1.807) is 23.9 Å². The molecule has 1 aromatic rings. The molecule has 1 aliphatic heterocycles. The van der Waals surface area contributed by atoms with E-state index in [9.17, 15) is 9.18 Å². The fraction of sp³-hybridized carbons (Fsp3) is 0.562. The molecule has 0 bridgehead atoms. The number of benzene rings is 1. The summed E-state index contributed by atoms with van der Waals surface area (Å²) in [7, 11) is 0. The molecular formula is C16H19ClFNOS. The Bertz CT molecular complexity index is 557. The van der Waals surface area contributed by atoms with Crippen molar-refractivity contribution in [3.63, 3.8) is 0 Å². The van der Waals surface area contributed by atoms with Crippen molar-refractivity contribution in [2.24, 2.45) is 5.92 Å². The summed E-state index contributed by atoms with van der Waals surface area (Å²) in [6.07, 6.45) is 5.54. The summed E-state index contributed by atoms with van der Waals surface area (Å²) in [6, 6.07) is 4.59. The molecule has 114 valence electrons. The Morgan fingerprint density at radius 3 is 2.76 bits per heavy atom. The van der Waals surface area contributed by atoms with E-state index >= 15 is 0 Å². The average Bonchev–Trinajstić information content (AvgIpc) is 2.80. The first-order valence-corrected chi connectivity index (χ1v) is 8.84. The monoisotopic (exact) mass is 327 g/mol. The number of nitrogens with zero attached hydrogens (tertiary/aromatic N) is 1. The van der Waals surface area contributed by atoms with Gasteiger partial charge in [0, 0.05) is 5.69 Å². The van der Waals surface area contributed by atoms with Gasteiger partial charge in [0.25, 0.3) is 0 Å². The van der Waals surface area contributed by atoms with Crippen LogP contribution < -0.4 is 4.90 Å². The minimum absolute atomic E-state index is 0.0783. The highest BCUT2D eigenvalue weighted by Gasteiger charge is 2.48. The third-order valence-electron chi connectivity index (χ3n) is 4.75. The second-order valence-electron chi connectivity index (χ2n) is 5.91. The lowest BCUT2D eigenvalue weighted by Crippen LogP contribution is -2.47. The lowest BCUT2D eigenvalue weighted by atomic mass is 9.83. The molecule has 2 fully saturated rings.